The van der Waals surface area contributed by atoms with Crippen molar-refractivity contribution < 1.29 is 127 Å². The topological polar surface area (TPSA) is 685 Å². The normalized spacial score (nSPS) is 20.8. The zero-order valence-corrected chi connectivity index (χ0v) is 72.3. The number of hydrogen-bond donors (Lipinski definition) is 22. The minimum absolute atomic E-state index is 0.0133. The van der Waals surface area contributed by atoms with Gasteiger partial charge in [-0.2, -0.15) is 0 Å². The van der Waals surface area contributed by atoms with Crippen molar-refractivity contribution in [2.75, 3.05) is 40.0 Å². The van der Waals surface area contributed by atoms with Crippen molar-refractivity contribution in [1.29, 1.82) is 0 Å². The van der Waals surface area contributed by atoms with Crippen LogP contribution < -0.4 is 63.6 Å². The van der Waals surface area contributed by atoms with Gasteiger partial charge in [-0.3, -0.25) is 71.9 Å². The number of unbranched alkanes of at least 4 members (excludes halogenated alkanes) is 1. The highest BCUT2D eigenvalue weighted by molar-refractivity contribution is 6.31. The van der Waals surface area contributed by atoms with E-state index >= 15 is 14.4 Å². The maximum atomic E-state index is 15.3. The standard InChI is InChI=1S/C88H103N19O26/c1-41-74(115)51(89)28-69(132-41)133-64-31-88(129,30-50-71(64)78(119)73-72(76(50)117)75(116)49-14-10-19-63(130-3)70(49)77(73)118)42(2)106-131-38-66(110)92-22-9-8-17-55(87(128)107-23-11-18-62(107)86(127)95-36-68(113)114)99-80(121)56(24-43-32-93-52-15-6-4-12-47(43)52)101-84(125)60(29-67(111)112)104-83(124)59(27-46-35-91-40-97-46)103-85(126)61(37-108)105-81(122)57(25-44-33-94-53-16-7-5-13-48(44)53)100-82(123)58(26-45-34-90-39-96-45)102-79(120)54-20-21-65(109)98-54/h4-7,10,12-16,19,32-35,39-41,51,54-62,64,69,74,93-94,108,115,117,119,129H,8-9,11,17-18,20-31,36-38,89H2,1-3H3,(H,90,96)(H,91,97)(H,92,110)(H,95,127)(H,98,109)(H,99,121)(H,100,123)(H,101,125)(H,102,120)(H,103,126)(H,104,124)(H,105,122)(H,111,112)(H,113,114)/b106-42+/t41-,51-,54-,55-,56-,57-,58-,59-,60-,61-,62-,64-,69-,74+,88-/m0/s1. The second kappa shape index (κ2) is 42.6. The van der Waals surface area contributed by atoms with Crippen LogP contribution in [0, 0.1) is 0 Å². The van der Waals surface area contributed by atoms with Gasteiger partial charge in [0.05, 0.1) is 73.5 Å². The lowest BCUT2D eigenvalue weighted by Gasteiger charge is -2.42. The number of ketones is 2. The van der Waals surface area contributed by atoms with Gasteiger partial charge in [0, 0.05) is 145 Å². The molecule has 13 rings (SSSR count). The average Bonchev–Trinajstić information content (AvgIpc) is 1.42. The lowest BCUT2D eigenvalue weighted by Crippen LogP contribution is -2.61. The van der Waals surface area contributed by atoms with E-state index in [9.17, 15) is 93.3 Å². The summed E-state index contributed by atoms with van der Waals surface area (Å²) in [6.45, 7) is -0.0313. The number of imidazole rings is 2. The summed E-state index contributed by atoms with van der Waals surface area (Å²) < 4.78 is 17.7. The number of fused-ring (bicyclic) bond motifs is 5. The van der Waals surface area contributed by atoms with Crippen LogP contribution in [0.25, 0.3) is 21.8 Å². The number of para-hydroxylation sites is 2. The maximum Gasteiger partial charge on any atom is 0.322 e. The first-order valence-electron chi connectivity index (χ1n) is 43.1. The number of carbonyl (C=O) groups is 15. The molecule has 4 aromatic heterocycles. The van der Waals surface area contributed by atoms with Crippen LogP contribution in [0.1, 0.15) is 150 Å². The molecule has 3 saturated heterocycles. The van der Waals surface area contributed by atoms with Gasteiger partial charge in [-0.25, -0.2) is 9.97 Å². The van der Waals surface area contributed by atoms with Gasteiger partial charge in [-0.15, -0.1) is 0 Å². The molecular formula is C88H103N19O26. The molecular weight excluding hydrogens is 1740 g/mol. The number of oxime groups is 1. The summed E-state index contributed by atoms with van der Waals surface area (Å²) >= 11 is 0. The van der Waals surface area contributed by atoms with Crippen LogP contribution in [0.3, 0.4) is 0 Å². The fourth-order valence-electron chi connectivity index (χ4n) is 17.1. The number of nitrogens with two attached hydrogens (primary N) is 1. The second-order valence-electron chi connectivity index (χ2n) is 33.2. The summed E-state index contributed by atoms with van der Waals surface area (Å²) in [5.41, 5.74) is 4.79. The quantitative estimate of drug-likeness (QED) is 0.00839. The molecule has 15 atom stereocenters. The number of aliphatic hydroxyl groups excluding tert-OH is 2. The molecule has 0 unspecified atom stereocenters. The summed E-state index contributed by atoms with van der Waals surface area (Å²) in [6, 6.07) is 2.85. The van der Waals surface area contributed by atoms with Gasteiger partial charge in [0.1, 0.15) is 83.8 Å². The van der Waals surface area contributed by atoms with Crippen molar-refractivity contribution >= 4 is 116 Å². The van der Waals surface area contributed by atoms with Gasteiger partial charge in [0.2, 0.25) is 64.9 Å². The summed E-state index contributed by atoms with van der Waals surface area (Å²) in [4.78, 5) is 237. The number of rotatable bonds is 41. The summed E-state index contributed by atoms with van der Waals surface area (Å²) in [5, 5.41) is 109. The molecule has 4 aromatic carbocycles. The molecule has 133 heavy (non-hydrogen) atoms. The largest absolute Gasteiger partial charge is 0.507 e. The number of carbonyl (C=O) groups excluding carboxylic acids is 13. The Kier molecular flexibility index (Phi) is 30.7. The number of amides is 11. The first-order valence-corrected chi connectivity index (χ1v) is 43.1. The molecule has 23 N–H and O–H groups in total. The van der Waals surface area contributed by atoms with E-state index in [1.165, 1.54) is 63.5 Å². The molecule has 5 aliphatic rings. The molecule has 11 amide bonds. The van der Waals surface area contributed by atoms with Crippen molar-refractivity contribution in [2.24, 2.45) is 10.9 Å². The third kappa shape index (κ3) is 22.6. The Bertz CT molecular complexity index is 5770. The number of aromatic amines is 4. The van der Waals surface area contributed by atoms with E-state index in [1.54, 1.807) is 61.7 Å². The highest BCUT2D eigenvalue weighted by Gasteiger charge is 2.50. The Morgan fingerprint density at radius 3 is 1.80 bits per heavy atom. The van der Waals surface area contributed by atoms with Gasteiger partial charge in [0.25, 0.3) is 5.91 Å². The fraction of sp³-hybridized carbons (Fsp3) is 0.432. The van der Waals surface area contributed by atoms with E-state index in [-0.39, 0.29) is 123 Å². The van der Waals surface area contributed by atoms with E-state index < -0.39 is 248 Å². The van der Waals surface area contributed by atoms with E-state index in [0.29, 0.717) is 38.6 Å². The number of hydrogen-bond acceptors (Lipinski definition) is 28. The van der Waals surface area contributed by atoms with E-state index in [1.807, 2.05) is 0 Å². The number of carboxylic acid groups (broad SMARTS) is 2. The third-order valence-corrected chi connectivity index (χ3v) is 24.1. The van der Waals surface area contributed by atoms with Gasteiger partial charge in [0.15, 0.2) is 18.7 Å². The Morgan fingerprint density at radius 2 is 1.23 bits per heavy atom. The number of ether oxygens (including phenoxy) is 3. The highest BCUT2D eigenvalue weighted by Crippen LogP contribution is 2.53. The molecule has 45 nitrogen and oxygen atoms in total. The number of methoxy groups -OCH3 is 1. The van der Waals surface area contributed by atoms with Crippen molar-refractivity contribution in [1.82, 2.24) is 88.0 Å². The minimum atomic E-state index is -2.16. The smallest absolute Gasteiger partial charge is 0.322 e. The Morgan fingerprint density at radius 1 is 0.662 bits per heavy atom. The number of nitrogens with one attached hydrogen (secondary N) is 14. The summed E-state index contributed by atoms with van der Waals surface area (Å²) in [6.07, 6.45) is 0.477. The Hall–Kier alpha value is -14.5. The van der Waals surface area contributed by atoms with E-state index in [4.69, 9.17) is 24.8 Å². The Balaban J connectivity index is 0.698. The molecule has 0 radical (unpaired) electrons. The predicted molar refractivity (Wildman–Crippen MR) is 464 cm³/mol. The number of benzene rings is 4. The van der Waals surface area contributed by atoms with Crippen LogP contribution in [0.4, 0.5) is 0 Å². The van der Waals surface area contributed by atoms with Gasteiger partial charge in [-0.05, 0) is 81.7 Å². The van der Waals surface area contributed by atoms with Crippen molar-refractivity contribution in [3.8, 4) is 17.2 Å². The number of carboxylic acids is 2. The fourth-order valence-corrected chi connectivity index (χ4v) is 17.1. The average molecular weight is 1840 g/mol. The van der Waals surface area contributed by atoms with Crippen molar-refractivity contribution in [3.63, 3.8) is 0 Å². The number of aliphatic hydroxyl groups is 3. The monoisotopic (exact) mass is 1840 g/mol. The first kappa shape index (κ1) is 96.0. The number of nitrogens with zero attached hydrogens (tertiary/aromatic N) is 4. The SMILES string of the molecule is COc1cccc2c1C(=O)c1c(O)c3c(c(O)c1C2=O)C[C@@](O)(/C(C)=N/OCC(=O)NCCCC[C@H](NC(=O)[C@H](Cc1c[nH]c2ccccc12)NC(=O)[C@H](CC(=O)O)NC(=O)[C@H](Cc1cnc[nH]1)NC(=O)[C@H](CO)NC(=O)[C@H](Cc1c[nH]c2ccccc12)NC(=O)[C@H](Cc1cnc[nH]1)NC(=O)[C@@H]1CCC(=O)N1)C(=O)N1CCC[C@H]1C(=O)NCC(=O)O)C[C@@H]3O[C@H]1C[C@H](N)[C@H](O)[C@H](C)O1. The number of H-pyrrole nitrogens is 4. The molecule has 706 valence electrons. The molecule has 0 bridgehead atoms. The van der Waals surface area contributed by atoms with E-state index in [0.717, 1.165) is 4.90 Å². The van der Waals surface area contributed by atoms with Crippen molar-refractivity contribution in [3.05, 3.63) is 160 Å². The molecule has 8 aromatic rings. The molecule has 7 heterocycles. The zero-order valence-electron chi connectivity index (χ0n) is 72.3. The highest BCUT2D eigenvalue weighted by atomic mass is 16.7. The number of phenols is 2. The van der Waals surface area contributed by atoms with E-state index in [2.05, 4.69) is 88.2 Å². The lowest BCUT2D eigenvalue weighted by atomic mass is 9.72. The van der Waals surface area contributed by atoms with Crippen LogP contribution >= 0.6 is 0 Å². The van der Waals surface area contributed by atoms with Crippen LogP contribution in [0.5, 0.6) is 17.2 Å². The zero-order chi connectivity index (χ0) is 95.2. The summed E-state index contributed by atoms with van der Waals surface area (Å²) in [7, 11) is 1.28. The molecule has 3 fully saturated rings. The number of likely N-dealkylation sites (tertiary alicyclic amines) is 1. The predicted octanol–water partition coefficient (Wildman–Crippen LogP) is -2.17. The Labute approximate surface area is 756 Å². The molecule has 45 heteroatoms. The van der Waals surface area contributed by atoms with Gasteiger partial charge < -0.3 is 139 Å². The van der Waals surface area contributed by atoms with Crippen LogP contribution in [-0.2, 0) is 109 Å². The lowest BCUT2D eigenvalue weighted by molar-refractivity contribution is -0.245. The van der Waals surface area contributed by atoms with Crippen LogP contribution in [0.15, 0.2) is 109 Å². The van der Waals surface area contributed by atoms with Crippen LogP contribution in [-0.4, -0.2) is 289 Å². The molecule has 3 aliphatic heterocycles. The van der Waals surface area contributed by atoms with Crippen molar-refractivity contribution in [2.45, 2.75) is 201 Å². The number of aliphatic carboxylic acids is 2. The third-order valence-electron chi connectivity index (χ3n) is 24.1. The van der Waals surface area contributed by atoms with Gasteiger partial charge in [-0.1, -0.05) is 53.7 Å². The number of aromatic hydroxyl groups is 2. The number of aromatic nitrogens is 6. The summed E-state index contributed by atoms with van der Waals surface area (Å²) in [5.74, 6) is -16.5. The minimum Gasteiger partial charge on any atom is -0.507 e. The molecule has 2 aliphatic carbocycles. The maximum absolute atomic E-state index is 15.3. The van der Waals surface area contributed by atoms with Crippen LogP contribution in [0.2, 0.25) is 0 Å². The second-order valence-corrected chi connectivity index (χ2v) is 33.2. The molecule has 0 spiro atoms. The first-order chi connectivity index (χ1) is 63.7. The number of phenolic OH excluding ortho intramolecular Hbond substituents is 2. The van der Waals surface area contributed by atoms with Gasteiger partial charge >= 0.3 is 11.9 Å². The molecule has 0 saturated carbocycles.